The van der Waals surface area contributed by atoms with Crippen molar-refractivity contribution < 1.29 is 33.4 Å². The van der Waals surface area contributed by atoms with Gasteiger partial charge in [-0.3, -0.25) is 34.2 Å². The zero-order chi connectivity index (χ0) is 23.1. The van der Waals surface area contributed by atoms with Gasteiger partial charge in [-0.25, -0.2) is 0 Å². The first-order valence-electron chi connectivity index (χ1n) is 10.4. The summed E-state index contributed by atoms with van der Waals surface area (Å²) in [6, 6.07) is 3.89. The van der Waals surface area contributed by atoms with Crippen molar-refractivity contribution in [3.05, 3.63) is 29.3 Å². The minimum Gasteiger partial charge on any atom is -0.382 e. The highest BCUT2D eigenvalue weighted by molar-refractivity contribution is 6.25. The normalized spacial score (nSPS) is 17.9. The summed E-state index contributed by atoms with van der Waals surface area (Å²) >= 11 is 0. The summed E-state index contributed by atoms with van der Waals surface area (Å²) in [6.45, 7) is 3.77. The molecule has 2 aliphatic heterocycles. The van der Waals surface area contributed by atoms with Crippen molar-refractivity contribution in [1.29, 1.82) is 0 Å². The van der Waals surface area contributed by atoms with E-state index in [2.05, 4.69) is 16.0 Å². The number of fused-ring (bicyclic) bond motifs is 1. The van der Waals surface area contributed by atoms with Crippen molar-refractivity contribution in [2.24, 2.45) is 0 Å². The Morgan fingerprint density at radius 2 is 1.78 bits per heavy atom. The van der Waals surface area contributed by atoms with Crippen molar-refractivity contribution in [1.82, 2.24) is 15.5 Å². The molecule has 0 saturated carbocycles. The quantitative estimate of drug-likeness (QED) is 0.310. The molecule has 1 aromatic rings. The number of carbonyl (C=O) groups is 5. The fourth-order valence-electron chi connectivity index (χ4n) is 3.54. The van der Waals surface area contributed by atoms with Crippen molar-refractivity contribution in [2.75, 3.05) is 44.8 Å². The minimum absolute atomic E-state index is 0.0726. The Bertz CT molecular complexity index is 917. The molecule has 0 radical (unpaired) electrons. The number of hydrogen-bond acceptors (Lipinski definition) is 8. The van der Waals surface area contributed by atoms with Crippen LogP contribution in [0.5, 0.6) is 0 Å². The van der Waals surface area contributed by atoms with Gasteiger partial charge in [0.25, 0.3) is 11.8 Å². The van der Waals surface area contributed by atoms with Crippen LogP contribution in [0.15, 0.2) is 18.2 Å². The van der Waals surface area contributed by atoms with E-state index in [9.17, 15) is 24.0 Å². The average Bonchev–Trinajstić information content (AvgIpc) is 3.00. The molecule has 2 heterocycles. The summed E-state index contributed by atoms with van der Waals surface area (Å²) < 4.78 is 10.8. The smallest absolute Gasteiger partial charge is 0.264 e. The van der Waals surface area contributed by atoms with Crippen LogP contribution in [0.2, 0.25) is 0 Å². The number of piperidine rings is 1. The fourth-order valence-corrected chi connectivity index (χ4v) is 3.54. The second-order valence-corrected chi connectivity index (χ2v) is 7.31. The van der Waals surface area contributed by atoms with Crippen molar-refractivity contribution in [3.63, 3.8) is 0 Å². The first-order valence-corrected chi connectivity index (χ1v) is 10.4. The molecule has 0 aliphatic carbocycles. The number of carbonyl (C=O) groups excluding carboxylic acids is 5. The first-order chi connectivity index (χ1) is 15.4. The van der Waals surface area contributed by atoms with E-state index in [1.807, 2.05) is 0 Å². The zero-order valence-electron chi connectivity index (χ0n) is 17.8. The van der Waals surface area contributed by atoms with E-state index in [0.29, 0.717) is 45.2 Å². The lowest BCUT2D eigenvalue weighted by atomic mass is 10.0. The standard InChI is InChI=1S/C21H26N4O7/c1-13(26)22-7-9-31-11-12-32-10-8-23-15-4-2-3-14-18(15)21(30)25(20(14)29)16-5-6-17(27)24-19(16)28/h2-4,16,23H,5-12H2,1H3,(H,22,26)(H,24,27,28). The molecule has 1 atom stereocenters. The summed E-state index contributed by atoms with van der Waals surface area (Å²) in [7, 11) is 0. The highest BCUT2D eigenvalue weighted by atomic mass is 16.5. The molecule has 3 N–H and O–H groups in total. The van der Waals surface area contributed by atoms with Gasteiger partial charge in [0.1, 0.15) is 6.04 Å². The van der Waals surface area contributed by atoms with Crippen molar-refractivity contribution >= 4 is 35.2 Å². The Kier molecular flexibility index (Phi) is 7.90. The second kappa shape index (κ2) is 10.8. The van der Waals surface area contributed by atoms with Crippen LogP contribution in [0.3, 0.4) is 0 Å². The molecular formula is C21H26N4O7. The number of amides is 5. The SMILES string of the molecule is CC(=O)NCCOCCOCCNc1cccc2c1C(=O)N(C1CCC(=O)NC1=O)C2=O. The van der Waals surface area contributed by atoms with Gasteiger partial charge in [0.15, 0.2) is 0 Å². The summed E-state index contributed by atoms with van der Waals surface area (Å²) in [6.07, 6.45) is 0.183. The highest BCUT2D eigenvalue weighted by Crippen LogP contribution is 2.32. The van der Waals surface area contributed by atoms with Crippen LogP contribution >= 0.6 is 0 Å². The van der Waals surface area contributed by atoms with Crippen LogP contribution in [-0.2, 0) is 23.9 Å². The molecule has 5 amide bonds. The fraction of sp³-hybridized carbons (Fsp3) is 0.476. The molecular weight excluding hydrogens is 420 g/mol. The van der Waals surface area contributed by atoms with E-state index in [1.165, 1.54) is 6.92 Å². The molecule has 11 nitrogen and oxygen atoms in total. The third-order valence-corrected chi connectivity index (χ3v) is 5.02. The Labute approximate surface area is 184 Å². The minimum atomic E-state index is -0.998. The van der Waals surface area contributed by atoms with Crippen LogP contribution in [0, 0.1) is 0 Å². The summed E-state index contributed by atoms with van der Waals surface area (Å²) in [5.74, 6) is -2.27. The van der Waals surface area contributed by atoms with Gasteiger partial charge in [-0.15, -0.1) is 0 Å². The molecule has 32 heavy (non-hydrogen) atoms. The monoisotopic (exact) mass is 446 g/mol. The molecule has 0 spiro atoms. The van der Waals surface area contributed by atoms with E-state index in [0.717, 1.165) is 4.90 Å². The molecule has 1 unspecified atom stereocenters. The maximum absolute atomic E-state index is 13.0. The van der Waals surface area contributed by atoms with Gasteiger partial charge in [0, 0.05) is 32.1 Å². The van der Waals surface area contributed by atoms with Crippen molar-refractivity contribution in [2.45, 2.75) is 25.8 Å². The van der Waals surface area contributed by atoms with Crippen LogP contribution in [0.25, 0.3) is 0 Å². The van der Waals surface area contributed by atoms with Gasteiger partial charge in [-0.05, 0) is 18.6 Å². The predicted octanol–water partition coefficient (Wildman–Crippen LogP) is -0.331. The first kappa shape index (κ1) is 23.4. The van der Waals surface area contributed by atoms with Gasteiger partial charge in [-0.1, -0.05) is 6.07 Å². The lowest BCUT2D eigenvalue weighted by Gasteiger charge is -2.27. The Morgan fingerprint density at radius 1 is 1.06 bits per heavy atom. The molecule has 0 bridgehead atoms. The molecule has 1 saturated heterocycles. The lowest BCUT2D eigenvalue weighted by molar-refractivity contribution is -0.136. The van der Waals surface area contributed by atoms with Gasteiger partial charge in [0.05, 0.1) is 37.6 Å². The number of hydrogen-bond donors (Lipinski definition) is 3. The molecule has 3 rings (SSSR count). The lowest BCUT2D eigenvalue weighted by Crippen LogP contribution is -2.54. The third kappa shape index (κ3) is 5.48. The van der Waals surface area contributed by atoms with Crippen LogP contribution in [0.1, 0.15) is 40.5 Å². The maximum atomic E-state index is 13.0. The number of benzene rings is 1. The molecule has 172 valence electrons. The topological polar surface area (TPSA) is 143 Å². The molecule has 2 aliphatic rings. The zero-order valence-corrected chi connectivity index (χ0v) is 17.8. The third-order valence-electron chi connectivity index (χ3n) is 5.02. The van der Waals surface area contributed by atoms with E-state index in [1.54, 1.807) is 18.2 Å². The second-order valence-electron chi connectivity index (χ2n) is 7.31. The number of nitrogens with zero attached hydrogens (tertiary/aromatic N) is 1. The number of ether oxygens (including phenoxy) is 2. The number of nitrogens with one attached hydrogen (secondary N) is 3. The number of rotatable bonds is 11. The van der Waals surface area contributed by atoms with E-state index in [4.69, 9.17) is 9.47 Å². The van der Waals surface area contributed by atoms with E-state index in [-0.39, 0.29) is 29.9 Å². The van der Waals surface area contributed by atoms with Gasteiger partial charge in [0.2, 0.25) is 17.7 Å². The van der Waals surface area contributed by atoms with Crippen LogP contribution in [-0.4, -0.2) is 80.0 Å². The van der Waals surface area contributed by atoms with E-state index < -0.39 is 29.7 Å². The Hall–Kier alpha value is -3.31. The largest absolute Gasteiger partial charge is 0.382 e. The Balaban J connectivity index is 1.48. The van der Waals surface area contributed by atoms with Crippen LogP contribution in [0.4, 0.5) is 5.69 Å². The Morgan fingerprint density at radius 3 is 2.47 bits per heavy atom. The van der Waals surface area contributed by atoms with Crippen LogP contribution < -0.4 is 16.0 Å². The van der Waals surface area contributed by atoms with Gasteiger partial charge < -0.3 is 20.1 Å². The summed E-state index contributed by atoms with van der Waals surface area (Å²) in [5, 5.41) is 7.90. The molecule has 1 aromatic carbocycles. The molecule has 1 fully saturated rings. The average molecular weight is 446 g/mol. The molecule has 0 aromatic heterocycles. The van der Waals surface area contributed by atoms with Gasteiger partial charge in [-0.2, -0.15) is 0 Å². The molecule has 11 heteroatoms. The summed E-state index contributed by atoms with van der Waals surface area (Å²) in [5.41, 5.74) is 0.910. The van der Waals surface area contributed by atoms with Crippen molar-refractivity contribution in [3.8, 4) is 0 Å². The number of imide groups is 2. The summed E-state index contributed by atoms with van der Waals surface area (Å²) in [4.78, 5) is 61.0. The maximum Gasteiger partial charge on any atom is 0.264 e. The number of anilines is 1. The predicted molar refractivity (Wildman–Crippen MR) is 112 cm³/mol. The highest BCUT2D eigenvalue weighted by Gasteiger charge is 2.45. The van der Waals surface area contributed by atoms with Gasteiger partial charge >= 0.3 is 0 Å². The van der Waals surface area contributed by atoms with E-state index >= 15 is 0 Å².